The van der Waals surface area contributed by atoms with E-state index in [0.29, 0.717) is 6.54 Å². The average Bonchev–Trinajstić information content (AvgIpc) is 2.55. The molecule has 74 valence electrons. The predicted octanol–water partition coefficient (Wildman–Crippen LogP) is 1.75. The Kier molecular flexibility index (Phi) is 2.65. The second-order valence-electron chi connectivity index (χ2n) is 3.09. The van der Waals surface area contributed by atoms with Gasteiger partial charge in [0.2, 0.25) is 0 Å². The molecule has 1 aromatic carbocycles. The fourth-order valence-electron chi connectivity index (χ4n) is 1.44. The van der Waals surface area contributed by atoms with E-state index in [4.69, 9.17) is 10.2 Å². The number of rotatable bonds is 3. The molecule has 0 saturated heterocycles. The Bertz CT molecular complexity index is 486. The third-order valence-electron chi connectivity index (χ3n) is 2.09. The van der Waals surface area contributed by atoms with Crippen LogP contribution in [0.3, 0.4) is 0 Å². The number of hydrogen-bond acceptors (Lipinski definition) is 4. The minimum Gasteiger partial charge on any atom is -0.414 e. The number of para-hydroxylation sites is 1. The monoisotopic (exact) mass is 209 g/mol. The SMILES string of the molecule is NCCCc1cccc2sc(=O)oc12. The Balaban J connectivity index is 2.47. The molecule has 2 rings (SSSR count). The Morgan fingerprint density at radius 2 is 2.29 bits per heavy atom. The van der Waals surface area contributed by atoms with Crippen molar-refractivity contribution in [2.75, 3.05) is 6.54 Å². The molecule has 0 atom stereocenters. The van der Waals surface area contributed by atoms with Crippen molar-refractivity contribution in [2.24, 2.45) is 5.73 Å². The molecule has 1 aromatic heterocycles. The first-order valence-electron chi connectivity index (χ1n) is 4.53. The summed E-state index contributed by atoms with van der Waals surface area (Å²) in [5, 5.41) is 0. The van der Waals surface area contributed by atoms with Gasteiger partial charge in [-0.2, -0.15) is 0 Å². The smallest absolute Gasteiger partial charge is 0.396 e. The third kappa shape index (κ3) is 1.71. The van der Waals surface area contributed by atoms with Gasteiger partial charge >= 0.3 is 4.94 Å². The average molecular weight is 209 g/mol. The van der Waals surface area contributed by atoms with Gasteiger partial charge in [0.05, 0.1) is 4.70 Å². The molecule has 0 amide bonds. The Morgan fingerprint density at radius 1 is 1.43 bits per heavy atom. The summed E-state index contributed by atoms with van der Waals surface area (Å²) in [4.78, 5) is 10.8. The summed E-state index contributed by atoms with van der Waals surface area (Å²) in [6, 6.07) is 5.82. The summed E-state index contributed by atoms with van der Waals surface area (Å²) in [5.41, 5.74) is 7.24. The summed E-state index contributed by atoms with van der Waals surface area (Å²) >= 11 is 1.15. The molecule has 2 aromatic rings. The van der Waals surface area contributed by atoms with Crippen LogP contribution in [0, 0.1) is 0 Å². The van der Waals surface area contributed by atoms with Crippen molar-refractivity contribution in [1.29, 1.82) is 0 Å². The molecule has 0 unspecified atom stereocenters. The summed E-state index contributed by atoms with van der Waals surface area (Å²) in [7, 11) is 0. The van der Waals surface area contributed by atoms with E-state index in [9.17, 15) is 4.79 Å². The fraction of sp³-hybridized carbons (Fsp3) is 0.300. The molecular formula is C10H11NO2S. The van der Waals surface area contributed by atoms with Crippen LogP contribution in [-0.2, 0) is 6.42 Å². The molecule has 0 fully saturated rings. The third-order valence-corrected chi connectivity index (χ3v) is 2.88. The van der Waals surface area contributed by atoms with Crippen LogP contribution < -0.4 is 10.7 Å². The molecule has 2 N–H and O–H groups in total. The lowest BCUT2D eigenvalue weighted by molar-refractivity contribution is 0.580. The van der Waals surface area contributed by atoms with E-state index in [-0.39, 0.29) is 4.94 Å². The van der Waals surface area contributed by atoms with Crippen molar-refractivity contribution in [1.82, 2.24) is 0 Å². The van der Waals surface area contributed by atoms with Crippen molar-refractivity contribution in [3.63, 3.8) is 0 Å². The van der Waals surface area contributed by atoms with Crippen LogP contribution in [0.1, 0.15) is 12.0 Å². The number of nitrogens with two attached hydrogens (primary N) is 1. The molecule has 14 heavy (non-hydrogen) atoms. The molecule has 4 heteroatoms. The van der Waals surface area contributed by atoms with Crippen LogP contribution in [-0.4, -0.2) is 6.54 Å². The minimum atomic E-state index is -0.236. The maximum absolute atomic E-state index is 11.0. The summed E-state index contributed by atoms with van der Waals surface area (Å²) in [6.07, 6.45) is 1.78. The topological polar surface area (TPSA) is 56.2 Å². The van der Waals surface area contributed by atoms with Gasteiger partial charge in [-0.05, 0) is 31.0 Å². The summed E-state index contributed by atoms with van der Waals surface area (Å²) in [6.45, 7) is 0.657. The van der Waals surface area contributed by atoms with E-state index in [2.05, 4.69) is 0 Å². The van der Waals surface area contributed by atoms with Crippen molar-refractivity contribution in [3.8, 4) is 0 Å². The Morgan fingerprint density at radius 3 is 3.07 bits per heavy atom. The van der Waals surface area contributed by atoms with Crippen LogP contribution in [0.5, 0.6) is 0 Å². The lowest BCUT2D eigenvalue weighted by atomic mass is 10.1. The first-order valence-corrected chi connectivity index (χ1v) is 5.34. The predicted molar refractivity (Wildman–Crippen MR) is 57.7 cm³/mol. The number of aryl methyl sites for hydroxylation is 1. The van der Waals surface area contributed by atoms with E-state index < -0.39 is 0 Å². The molecule has 0 spiro atoms. The standard InChI is InChI=1S/C10H11NO2S/c11-6-2-4-7-3-1-5-8-9(7)13-10(12)14-8/h1,3,5H,2,4,6,11H2. The highest BCUT2D eigenvalue weighted by Crippen LogP contribution is 2.21. The van der Waals surface area contributed by atoms with E-state index in [1.54, 1.807) is 0 Å². The van der Waals surface area contributed by atoms with Crippen LogP contribution in [0.15, 0.2) is 27.4 Å². The minimum absolute atomic E-state index is 0.236. The molecule has 1 heterocycles. The van der Waals surface area contributed by atoms with Crippen molar-refractivity contribution in [2.45, 2.75) is 12.8 Å². The van der Waals surface area contributed by atoms with Crippen molar-refractivity contribution in [3.05, 3.63) is 33.5 Å². The van der Waals surface area contributed by atoms with Gasteiger partial charge in [-0.15, -0.1) is 0 Å². The van der Waals surface area contributed by atoms with Gasteiger partial charge in [0, 0.05) is 0 Å². The lowest BCUT2D eigenvalue weighted by Gasteiger charge is -1.98. The largest absolute Gasteiger partial charge is 0.414 e. The van der Waals surface area contributed by atoms with Gasteiger partial charge in [-0.25, -0.2) is 4.79 Å². The van der Waals surface area contributed by atoms with Gasteiger partial charge in [-0.3, -0.25) is 0 Å². The maximum atomic E-state index is 11.0. The normalized spacial score (nSPS) is 10.9. The zero-order valence-corrected chi connectivity index (χ0v) is 8.47. The van der Waals surface area contributed by atoms with Crippen LogP contribution in [0.2, 0.25) is 0 Å². The second kappa shape index (κ2) is 3.94. The van der Waals surface area contributed by atoms with Gasteiger partial charge in [0.1, 0.15) is 0 Å². The molecule has 0 saturated carbocycles. The molecule has 0 aliphatic heterocycles. The zero-order chi connectivity index (χ0) is 9.97. The van der Waals surface area contributed by atoms with Crippen LogP contribution in [0.4, 0.5) is 0 Å². The van der Waals surface area contributed by atoms with Crippen LogP contribution in [0.25, 0.3) is 10.3 Å². The molecular weight excluding hydrogens is 198 g/mol. The van der Waals surface area contributed by atoms with Gasteiger partial charge in [0.15, 0.2) is 5.58 Å². The van der Waals surface area contributed by atoms with Gasteiger partial charge in [-0.1, -0.05) is 23.5 Å². The highest BCUT2D eigenvalue weighted by atomic mass is 32.1. The molecule has 0 aliphatic rings. The molecule has 3 nitrogen and oxygen atoms in total. The number of hydrogen-bond donors (Lipinski definition) is 1. The van der Waals surface area contributed by atoms with E-state index in [0.717, 1.165) is 40.0 Å². The zero-order valence-electron chi connectivity index (χ0n) is 7.66. The highest BCUT2D eigenvalue weighted by molar-refractivity contribution is 7.16. The number of fused-ring (bicyclic) bond motifs is 1. The first kappa shape index (κ1) is 9.43. The first-order chi connectivity index (χ1) is 6.81. The second-order valence-corrected chi connectivity index (χ2v) is 4.07. The summed E-state index contributed by atoms with van der Waals surface area (Å²) < 4.78 is 6.04. The molecule has 0 aliphatic carbocycles. The summed E-state index contributed by atoms with van der Waals surface area (Å²) in [5.74, 6) is 0. The van der Waals surface area contributed by atoms with Gasteiger partial charge in [0.25, 0.3) is 0 Å². The van der Waals surface area contributed by atoms with Gasteiger partial charge < -0.3 is 10.2 Å². The fourth-order valence-corrected chi connectivity index (χ4v) is 2.16. The van der Waals surface area contributed by atoms with E-state index in [1.807, 2.05) is 18.2 Å². The van der Waals surface area contributed by atoms with E-state index in [1.165, 1.54) is 0 Å². The Labute approximate surface area is 85.2 Å². The maximum Gasteiger partial charge on any atom is 0.396 e. The molecule has 0 radical (unpaired) electrons. The lowest BCUT2D eigenvalue weighted by Crippen LogP contribution is -2.00. The molecule has 0 bridgehead atoms. The Hall–Kier alpha value is -1.13. The highest BCUT2D eigenvalue weighted by Gasteiger charge is 2.06. The van der Waals surface area contributed by atoms with E-state index >= 15 is 0 Å². The van der Waals surface area contributed by atoms with Crippen molar-refractivity contribution >= 4 is 21.6 Å². The van der Waals surface area contributed by atoms with Crippen molar-refractivity contribution < 1.29 is 4.42 Å². The van der Waals surface area contributed by atoms with Crippen LogP contribution >= 0.6 is 11.3 Å². The quantitative estimate of drug-likeness (QED) is 0.837. The number of benzene rings is 1.